The van der Waals surface area contributed by atoms with Gasteiger partial charge in [0, 0.05) is 32.7 Å². The topological polar surface area (TPSA) is 64.4 Å². The third-order valence-electron chi connectivity index (χ3n) is 5.57. The number of nitriles is 1. The van der Waals surface area contributed by atoms with Crippen LogP contribution in [0.15, 0.2) is 71.6 Å². The first-order valence-corrected chi connectivity index (χ1v) is 11.6. The van der Waals surface area contributed by atoms with Crippen molar-refractivity contribution >= 4 is 10.0 Å². The van der Waals surface area contributed by atoms with Crippen molar-refractivity contribution in [3.63, 3.8) is 0 Å². The molecule has 3 aromatic rings. The number of rotatable bonds is 5. The lowest BCUT2D eigenvalue weighted by atomic mass is 9.99. The third-order valence-corrected chi connectivity index (χ3v) is 7.52. The fourth-order valence-electron chi connectivity index (χ4n) is 3.87. The zero-order chi connectivity index (χ0) is 22.7. The zero-order valence-corrected chi connectivity index (χ0v) is 18.0. The minimum absolute atomic E-state index is 0.156. The summed E-state index contributed by atoms with van der Waals surface area (Å²) in [5.74, 6) is -2.16. The van der Waals surface area contributed by atoms with Crippen molar-refractivity contribution in [3.8, 4) is 17.2 Å². The van der Waals surface area contributed by atoms with Gasteiger partial charge in [-0.2, -0.15) is 9.57 Å². The van der Waals surface area contributed by atoms with E-state index < -0.39 is 26.6 Å². The summed E-state index contributed by atoms with van der Waals surface area (Å²) in [5, 5.41) is 9.29. The summed E-state index contributed by atoms with van der Waals surface area (Å²) in [4.78, 5) is 1.21. The highest BCUT2D eigenvalue weighted by atomic mass is 32.2. The van der Waals surface area contributed by atoms with Crippen LogP contribution in [0.2, 0.25) is 0 Å². The van der Waals surface area contributed by atoms with E-state index in [0.29, 0.717) is 25.2 Å². The van der Waals surface area contributed by atoms with Crippen LogP contribution < -0.4 is 0 Å². The first kappa shape index (κ1) is 22.1. The molecule has 5 nitrogen and oxygen atoms in total. The molecular formula is C24H21F2N3O2S. The molecule has 0 unspecified atom stereocenters. The Hall–Kier alpha value is -3.12. The standard InChI is InChI=1S/C24H21F2N3O2S/c25-22-6-3-7-23(26)24(22)32(30,31)29-14-12-28(13-15-29)17-18-8-10-19(11-9-18)21-5-2-1-4-20(21)16-27/h1-11H,12-15,17H2. The minimum atomic E-state index is -4.23. The molecule has 0 spiro atoms. The lowest BCUT2D eigenvalue weighted by molar-refractivity contribution is 0.181. The van der Waals surface area contributed by atoms with E-state index >= 15 is 0 Å². The molecule has 3 aromatic carbocycles. The second-order valence-corrected chi connectivity index (χ2v) is 9.46. The zero-order valence-electron chi connectivity index (χ0n) is 17.2. The number of benzene rings is 3. The Kier molecular flexibility index (Phi) is 6.33. The molecule has 1 heterocycles. The first-order chi connectivity index (χ1) is 15.4. The Bertz CT molecular complexity index is 1240. The molecule has 0 aromatic heterocycles. The molecule has 8 heteroatoms. The first-order valence-electron chi connectivity index (χ1n) is 10.1. The summed E-state index contributed by atoms with van der Waals surface area (Å²) in [5.41, 5.74) is 3.50. The second-order valence-electron chi connectivity index (χ2n) is 7.59. The number of piperazine rings is 1. The van der Waals surface area contributed by atoms with Crippen molar-refractivity contribution in [1.29, 1.82) is 5.26 Å². The molecule has 32 heavy (non-hydrogen) atoms. The van der Waals surface area contributed by atoms with E-state index in [4.69, 9.17) is 0 Å². The molecular weight excluding hydrogens is 432 g/mol. The van der Waals surface area contributed by atoms with Crippen LogP contribution in [0.4, 0.5) is 8.78 Å². The molecule has 4 rings (SSSR count). The van der Waals surface area contributed by atoms with Crippen molar-refractivity contribution < 1.29 is 17.2 Å². The predicted octanol–water partition coefficient (Wildman–Crippen LogP) is 4.01. The molecule has 1 aliphatic rings. The highest BCUT2D eigenvalue weighted by molar-refractivity contribution is 7.89. The van der Waals surface area contributed by atoms with Crippen molar-refractivity contribution in [1.82, 2.24) is 9.21 Å². The van der Waals surface area contributed by atoms with Gasteiger partial charge in [-0.05, 0) is 34.9 Å². The van der Waals surface area contributed by atoms with E-state index in [9.17, 15) is 22.5 Å². The van der Waals surface area contributed by atoms with Gasteiger partial charge in [-0.3, -0.25) is 4.90 Å². The molecule has 0 atom stereocenters. The van der Waals surface area contributed by atoms with Crippen LogP contribution in [-0.2, 0) is 16.6 Å². The normalized spacial score (nSPS) is 15.4. The maximum atomic E-state index is 14.0. The summed E-state index contributed by atoms with van der Waals surface area (Å²) in [7, 11) is -4.23. The Morgan fingerprint density at radius 2 is 1.47 bits per heavy atom. The van der Waals surface area contributed by atoms with Crippen LogP contribution in [0.25, 0.3) is 11.1 Å². The summed E-state index contributed by atoms with van der Waals surface area (Å²) in [6.07, 6.45) is 0. The summed E-state index contributed by atoms with van der Waals surface area (Å²) in [6, 6.07) is 20.6. The smallest absolute Gasteiger partial charge is 0.249 e. The Labute approximate surface area is 186 Å². The molecule has 0 amide bonds. The van der Waals surface area contributed by atoms with E-state index in [1.807, 2.05) is 42.5 Å². The lowest BCUT2D eigenvalue weighted by Crippen LogP contribution is -2.48. The van der Waals surface area contributed by atoms with E-state index in [-0.39, 0.29) is 13.1 Å². The number of nitrogens with zero attached hydrogens (tertiary/aromatic N) is 3. The second kappa shape index (κ2) is 9.17. The van der Waals surface area contributed by atoms with Crippen molar-refractivity contribution in [2.45, 2.75) is 11.4 Å². The van der Waals surface area contributed by atoms with E-state index in [1.54, 1.807) is 6.07 Å². The number of sulfonamides is 1. The summed E-state index contributed by atoms with van der Waals surface area (Å²) >= 11 is 0. The molecule has 1 fully saturated rings. The largest absolute Gasteiger partial charge is 0.296 e. The Balaban J connectivity index is 1.41. The molecule has 0 N–H and O–H groups in total. The molecule has 0 saturated carbocycles. The van der Waals surface area contributed by atoms with Crippen LogP contribution in [0.5, 0.6) is 0 Å². The highest BCUT2D eigenvalue weighted by Gasteiger charge is 2.33. The van der Waals surface area contributed by atoms with E-state index in [0.717, 1.165) is 39.2 Å². The summed E-state index contributed by atoms with van der Waals surface area (Å²) < 4.78 is 54.6. The quantitative estimate of drug-likeness (QED) is 0.586. The molecule has 0 radical (unpaired) electrons. The van der Waals surface area contributed by atoms with Gasteiger partial charge in [0.2, 0.25) is 10.0 Å². The van der Waals surface area contributed by atoms with Crippen molar-refractivity contribution in [3.05, 3.63) is 89.5 Å². The van der Waals surface area contributed by atoms with Gasteiger partial charge in [-0.25, -0.2) is 17.2 Å². The maximum absolute atomic E-state index is 14.0. The van der Waals surface area contributed by atoms with Crippen LogP contribution in [-0.4, -0.2) is 43.8 Å². The van der Waals surface area contributed by atoms with Gasteiger partial charge < -0.3 is 0 Å². The molecule has 1 saturated heterocycles. The van der Waals surface area contributed by atoms with Gasteiger partial charge >= 0.3 is 0 Å². The lowest BCUT2D eigenvalue weighted by Gasteiger charge is -2.34. The van der Waals surface area contributed by atoms with Crippen LogP contribution in [0, 0.1) is 23.0 Å². The van der Waals surface area contributed by atoms with Gasteiger partial charge in [-0.15, -0.1) is 0 Å². The van der Waals surface area contributed by atoms with Crippen molar-refractivity contribution in [2.75, 3.05) is 26.2 Å². The third kappa shape index (κ3) is 4.41. The van der Waals surface area contributed by atoms with E-state index in [2.05, 4.69) is 11.0 Å². The number of halogens is 2. The fourth-order valence-corrected chi connectivity index (χ4v) is 5.40. The van der Waals surface area contributed by atoms with Crippen LogP contribution >= 0.6 is 0 Å². The minimum Gasteiger partial charge on any atom is -0.296 e. The Morgan fingerprint density at radius 3 is 2.09 bits per heavy atom. The molecule has 1 aliphatic heterocycles. The van der Waals surface area contributed by atoms with Crippen LogP contribution in [0.3, 0.4) is 0 Å². The number of hydrogen-bond donors (Lipinski definition) is 0. The van der Waals surface area contributed by atoms with Gasteiger partial charge in [0.1, 0.15) is 11.6 Å². The molecule has 0 aliphatic carbocycles. The highest BCUT2D eigenvalue weighted by Crippen LogP contribution is 2.25. The molecule has 164 valence electrons. The SMILES string of the molecule is N#Cc1ccccc1-c1ccc(CN2CCN(S(=O)(=O)c3c(F)cccc3F)CC2)cc1. The maximum Gasteiger partial charge on any atom is 0.249 e. The predicted molar refractivity (Wildman–Crippen MR) is 117 cm³/mol. The average molecular weight is 454 g/mol. The van der Waals surface area contributed by atoms with Gasteiger partial charge in [0.25, 0.3) is 0 Å². The van der Waals surface area contributed by atoms with Gasteiger partial charge in [0.05, 0.1) is 11.6 Å². The summed E-state index contributed by atoms with van der Waals surface area (Å²) in [6.45, 7) is 1.85. The van der Waals surface area contributed by atoms with Crippen molar-refractivity contribution in [2.24, 2.45) is 0 Å². The fraction of sp³-hybridized carbons (Fsp3) is 0.208. The molecule has 0 bridgehead atoms. The van der Waals surface area contributed by atoms with Gasteiger partial charge in [0.15, 0.2) is 4.90 Å². The number of hydrogen-bond acceptors (Lipinski definition) is 4. The van der Waals surface area contributed by atoms with E-state index in [1.165, 1.54) is 0 Å². The van der Waals surface area contributed by atoms with Crippen LogP contribution in [0.1, 0.15) is 11.1 Å². The van der Waals surface area contributed by atoms with Gasteiger partial charge in [-0.1, -0.05) is 48.5 Å². The average Bonchev–Trinajstić information content (AvgIpc) is 2.80. The monoisotopic (exact) mass is 453 g/mol. The Morgan fingerprint density at radius 1 is 0.844 bits per heavy atom.